The molecule has 4 heteroatoms. The molecular weight excluding hydrogens is 250 g/mol. The third-order valence-electron chi connectivity index (χ3n) is 2.82. The van der Waals surface area contributed by atoms with Crippen LogP contribution in [0.3, 0.4) is 0 Å². The van der Waals surface area contributed by atoms with E-state index in [0.717, 1.165) is 24.3 Å². The van der Waals surface area contributed by atoms with E-state index >= 15 is 0 Å². The van der Waals surface area contributed by atoms with Crippen molar-refractivity contribution in [3.05, 3.63) is 59.9 Å². The molecule has 2 rings (SSSR count). The molecule has 1 aromatic carbocycles. The van der Waals surface area contributed by atoms with E-state index in [4.69, 9.17) is 10.00 Å². The van der Waals surface area contributed by atoms with Gasteiger partial charge in [0.15, 0.2) is 0 Å². The predicted octanol–water partition coefficient (Wildman–Crippen LogP) is 2.51. The van der Waals surface area contributed by atoms with Gasteiger partial charge in [-0.1, -0.05) is 24.3 Å². The summed E-state index contributed by atoms with van der Waals surface area (Å²) >= 11 is 0. The lowest BCUT2D eigenvalue weighted by atomic mass is 10.2. The fourth-order valence-electron chi connectivity index (χ4n) is 1.81. The molecule has 0 saturated carbocycles. The maximum absolute atomic E-state index is 8.92. The standard InChI is InChI=1S/C16H17N3O/c17-12-16-14(6-4-10-19-16)13-18-9-5-11-20-15-7-2-1-3-8-15/h1-4,6-8,10,18H,5,9,11,13H2. The molecule has 1 heterocycles. The Kier molecular flexibility index (Phi) is 5.56. The summed E-state index contributed by atoms with van der Waals surface area (Å²) in [6.45, 7) is 2.17. The van der Waals surface area contributed by atoms with Crippen LogP contribution in [0.4, 0.5) is 0 Å². The van der Waals surface area contributed by atoms with Gasteiger partial charge >= 0.3 is 0 Å². The number of aromatic nitrogens is 1. The zero-order chi connectivity index (χ0) is 14.0. The Morgan fingerprint density at radius 1 is 1.15 bits per heavy atom. The number of para-hydroxylation sites is 1. The van der Waals surface area contributed by atoms with Crippen molar-refractivity contribution >= 4 is 0 Å². The number of ether oxygens (including phenoxy) is 1. The normalized spacial score (nSPS) is 9.95. The van der Waals surface area contributed by atoms with Crippen molar-refractivity contribution in [2.45, 2.75) is 13.0 Å². The lowest BCUT2D eigenvalue weighted by Crippen LogP contribution is -2.17. The summed E-state index contributed by atoms with van der Waals surface area (Å²) in [5.41, 5.74) is 1.42. The second kappa shape index (κ2) is 7.93. The van der Waals surface area contributed by atoms with Gasteiger partial charge in [-0.15, -0.1) is 0 Å². The molecule has 0 aliphatic carbocycles. The van der Waals surface area contributed by atoms with Crippen LogP contribution in [0, 0.1) is 11.3 Å². The van der Waals surface area contributed by atoms with Gasteiger partial charge in [0.25, 0.3) is 0 Å². The van der Waals surface area contributed by atoms with Crippen molar-refractivity contribution in [2.75, 3.05) is 13.2 Å². The van der Waals surface area contributed by atoms with Gasteiger partial charge in [0.05, 0.1) is 6.61 Å². The van der Waals surface area contributed by atoms with Gasteiger partial charge in [0.1, 0.15) is 17.5 Å². The molecule has 4 nitrogen and oxygen atoms in total. The first-order chi connectivity index (χ1) is 9.90. The molecule has 102 valence electrons. The molecule has 0 unspecified atom stereocenters. The van der Waals surface area contributed by atoms with E-state index in [9.17, 15) is 0 Å². The number of hydrogen-bond acceptors (Lipinski definition) is 4. The van der Waals surface area contributed by atoms with Crippen LogP contribution in [0.2, 0.25) is 0 Å². The summed E-state index contributed by atoms with van der Waals surface area (Å²) in [4.78, 5) is 4.03. The average Bonchev–Trinajstić information content (AvgIpc) is 2.52. The maximum atomic E-state index is 8.92. The van der Waals surface area contributed by atoms with Crippen molar-refractivity contribution in [1.82, 2.24) is 10.3 Å². The summed E-state index contributed by atoms with van der Waals surface area (Å²) in [5, 5.41) is 12.2. The van der Waals surface area contributed by atoms with E-state index in [2.05, 4.69) is 16.4 Å². The SMILES string of the molecule is N#Cc1ncccc1CNCCCOc1ccccc1. The molecule has 20 heavy (non-hydrogen) atoms. The minimum absolute atomic E-state index is 0.487. The molecule has 0 atom stereocenters. The van der Waals surface area contributed by atoms with Crippen molar-refractivity contribution < 1.29 is 4.74 Å². The van der Waals surface area contributed by atoms with Crippen LogP contribution in [0.15, 0.2) is 48.7 Å². The Bertz CT molecular complexity index is 563. The molecule has 0 bridgehead atoms. The smallest absolute Gasteiger partial charge is 0.144 e. The van der Waals surface area contributed by atoms with Crippen LogP contribution in [-0.2, 0) is 6.54 Å². The van der Waals surface area contributed by atoms with Crippen molar-refractivity contribution in [3.8, 4) is 11.8 Å². The van der Waals surface area contributed by atoms with Gasteiger partial charge in [-0.05, 0) is 31.2 Å². The van der Waals surface area contributed by atoms with Crippen molar-refractivity contribution in [3.63, 3.8) is 0 Å². The largest absolute Gasteiger partial charge is 0.494 e. The highest BCUT2D eigenvalue weighted by molar-refractivity contribution is 5.30. The van der Waals surface area contributed by atoms with Gasteiger partial charge < -0.3 is 10.1 Å². The topological polar surface area (TPSA) is 57.9 Å². The number of benzene rings is 1. The molecule has 0 saturated heterocycles. The summed E-state index contributed by atoms with van der Waals surface area (Å²) in [6, 6.07) is 15.6. The number of nitrogens with zero attached hydrogens (tertiary/aromatic N) is 2. The Morgan fingerprint density at radius 2 is 2.00 bits per heavy atom. The van der Waals surface area contributed by atoms with Gasteiger partial charge in [-0.25, -0.2) is 4.98 Å². The van der Waals surface area contributed by atoms with Gasteiger partial charge in [0.2, 0.25) is 0 Å². The highest BCUT2D eigenvalue weighted by Crippen LogP contribution is 2.08. The van der Waals surface area contributed by atoms with Crippen LogP contribution in [0.25, 0.3) is 0 Å². The predicted molar refractivity (Wildman–Crippen MR) is 77.2 cm³/mol. The van der Waals surface area contributed by atoms with E-state index in [1.807, 2.05) is 42.5 Å². The first-order valence-electron chi connectivity index (χ1n) is 6.62. The fourth-order valence-corrected chi connectivity index (χ4v) is 1.81. The van der Waals surface area contributed by atoms with E-state index in [0.29, 0.717) is 18.8 Å². The number of pyridine rings is 1. The van der Waals surface area contributed by atoms with E-state index in [1.165, 1.54) is 0 Å². The van der Waals surface area contributed by atoms with Crippen LogP contribution in [0.5, 0.6) is 5.75 Å². The monoisotopic (exact) mass is 267 g/mol. The summed E-state index contributed by atoms with van der Waals surface area (Å²) in [7, 11) is 0. The highest BCUT2D eigenvalue weighted by atomic mass is 16.5. The van der Waals surface area contributed by atoms with Gasteiger partial charge in [0, 0.05) is 18.3 Å². The third kappa shape index (κ3) is 4.38. The van der Waals surface area contributed by atoms with Crippen LogP contribution < -0.4 is 10.1 Å². The Morgan fingerprint density at radius 3 is 2.80 bits per heavy atom. The lowest BCUT2D eigenvalue weighted by molar-refractivity contribution is 0.308. The average molecular weight is 267 g/mol. The van der Waals surface area contributed by atoms with Crippen LogP contribution in [0.1, 0.15) is 17.7 Å². The second-order valence-corrected chi connectivity index (χ2v) is 4.31. The quantitative estimate of drug-likeness (QED) is 0.783. The Labute approximate surface area is 119 Å². The van der Waals surface area contributed by atoms with Gasteiger partial charge in [-0.3, -0.25) is 0 Å². The maximum Gasteiger partial charge on any atom is 0.144 e. The number of nitrogens with one attached hydrogen (secondary N) is 1. The third-order valence-corrected chi connectivity index (χ3v) is 2.82. The molecule has 0 radical (unpaired) electrons. The number of nitriles is 1. The molecule has 1 N–H and O–H groups in total. The summed E-state index contributed by atoms with van der Waals surface area (Å²) < 4.78 is 5.60. The van der Waals surface area contributed by atoms with E-state index in [1.54, 1.807) is 6.20 Å². The van der Waals surface area contributed by atoms with Crippen molar-refractivity contribution in [1.29, 1.82) is 5.26 Å². The minimum Gasteiger partial charge on any atom is -0.494 e. The molecule has 0 amide bonds. The van der Waals surface area contributed by atoms with Crippen molar-refractivity contribution in [2.24, 2.45) is 0 Å². The molecular formula is C16H17N3O. The van der Waals surface area contributed by atoms with E-state index in [-0.39, 0.29) is 0 Å². The summed E-state index contributed by atoms with van der Waals surface area (Å²) in [6.07, 6.45) is 2.55. The molecule has 2 aromatic rings. The highest BCUT2D eigenvalue weighted by Gasteiger charge is 2.01. The Balaban J connectivity index is 1.64. The van der Waals surface area contributed by atoms with E-state index < -0.39 is 0 Å². The summed E-state index contributed by atoms with van der Waals surface area (Å²) in [5.74, 6) is 0.895. The first kappa shape index (κ1) is 14.0. The zero-order valence-corrected chi connectivity index (χ0v) is 11.2. The zero-order valence-electron chi connectivity index (χ0n) is 11.2. The second-order valence-electron chi connectivity index (χ2n) is 4.31. The molecule has 0 aliphatic rings. The lowest BCUT2D eigenvalue weighted by Gasteiger charge is -2.07. The molecule has 0 aliphatic heterocycles. The van der Waals surface area contributed by atoms with Crippen LogP contribution >= 0.6 is 0 Å². The number of hydrogen-bond donors (Lipinski definition) is 1. The molecule has 0 spiro atoms. The molecule has 0 fully saturated rings. The fraction of sp³-hybridized carbons (Fsp3) is 0.250. The minimum atomic E-state index is 0.487. The Hall–Kier alpha value is -2.38. The van der Waals surface area contributed by atoms with Crippen LogP contribution in [-0.4, -0.2) is 18.1 Å². The molecule has 1 aromatic heterocycles. The first-order valence-corrected chi connectivity index (χ1v) is 6.62. The van der Waals surface area contributed by atoms with Gasteiger partial charge in [-0.2, -0.15) is 5.26 Å². The number of rotatable bonds is 7.